The third kappa shape index (κ3) is 4.93. The van der Waals surface area contributed by atoms with E-state index in [1.54, 1.807) is 24.3 Å². The van der Waals surface area contributed by atoms with Gasteiger partial charge in [-0.2, -0.15) is 0 Å². The van der Waals surface area contributed by atoms with Crippen molar-refractivity contribution in [2.24, 2.45) is 0 Å². The van der Waals surface area contributed by atoms with E-state index in [2.05, 4.69) is 16.0 Å². The summed E-state index contributed by atoms with van der Waals surface area (Å²) < 4.78 is 13.7. The van der Waals surface area contributed by atoms with Crippen LogP contribution in [0.2, 0.25) is 5.02 Å². The summed E-state index contributed by atoms with van der Waals surface area (Å²) in [6, 6.07) is 11.1. The molecule has 2 aromatic carbocycles. The Morgan fingerprint density at radius 3 is 2.68 bits per heavy atom. The average Bonchev–Trinajstić information content (AvgIpc) is 3.38. The highest BCUT2D eigenvalue weighted by molar-refractivity contribution is 6.30. The fourth-order valence-corrected chi connectivity index (χ4v) is 2.41. The number of hydrogen-bond donors (Lipinski definition) is 3. The Labute approximate surface area is 149 Å². The number of amides is 2. The van der Waals surface area contributed by atoms with E-state index in [4.69, 9.17) is 11.6 Å². The molecule has 0 spiro atoms. The van der Waals surface area contributed by atoms with Crippen molar-refractivity contribution in [3.05, 3.63) is 58.9 Å². The Kier molecular flexibility index (Phi) is 5.19. The van der Waals surface area contributed by atoms with Gasteiger partial charge in [0.2, 0.25) is 5.91 Å². The Morgan fingerprint density at radius 1 is 1.16 bits per heavy atom. The van der Waals surface area contributed by atoms with Gasteiger partial charge in [0.1, 0.15) is 5.82 Å². The van der Waals surface area contributed by atoms with Gasteiger partial charge in [0.25, 0.3) is 5.91 Å². The van der Waals surface area contributed by atoms with Crippen LogP contribution in [0.25, 0.3) is 0 Å². The number of carbonyl (C=O) groups is 2. The van der Waals surface area contributed by atoms with Crippen LogP contribution in [0.1, 0.15) is 23.2 Å². The number of benzene rings is 2. The topological polar surface area (TPSA) is 70.2 Å². The zero-order valence-corrected chi connectivity index (χ0v) is 14.1. The van der Waals surface area contributed by atoms with Crippen molar-refractivity contribution in [2.45, 2.75) is 18.9 Å². The third-order valence-electron chi connectivity index (χ3n) is 3.69. The van der Waals surface area contributed by atoms with Gasteiger partial charge in [-0.25, -0.2) is 4.39 Å². The van der Waals surface area contributed by atoms with Crippen LogP contribution in [0.5, 0.6) is 0 Å². The second-order valence-electron chi connectivity index (χ2n) is 5.85. The highest BCUT2D eigenvalue weighted by atomic mass is 35.5. The fraction of sp³-hybridized carbons (Fsp3) is 0.222. The highest BCUT2D eigenvalue weighted by Crippen LogP contribution is 2.20. The Bertz CT molecular complexity index is 809. The van der Waals surface area contributed by atoms with Crippen LogP contribution in [0.3, 0.4) is 0 Å². The van der Waals surface area contributed by atoms with E-state index in [1.165, 1.54) is 18.2 Å². The number of halogens is 2. The predicted octanol–water partition coefficient (Wildman–Crippen LogP) is 3.42. The van der Waals surface area contributed by atoms with E-state index >= 15 is 0 Å². The SMILES string of the molecule is O=C(CNc1ccc(Cl)cc1F)Nc1cccc(C(=O)NC2CC2)c1. The summed E-state index contributed by atoms with van der Waals surface area (Å²) in [5.74, 6) is -1.03. The van der Waals surface area contributed by atoms with E-state index in [9.17, 15) is 14.0 Å². The van der Waals surface area contributed by atoms with E-state index in [0.29, 0.717) is 11.3 Å². The first kappa shape index (κ1) is 17.2. The first-order valence-corrected chi connectivity index (χ1v) is 8.29. The zero-order chi connectivity index (χ0) is 17.8. The van der Waals surface area contributed by atoms with Gasteiger partial charge in [-0.3, -0.25) is 9.59 Å². The number of hydrogen-bond acceptors (Lipinski definition) is 3. The van der Waals surface area contributed by atoms with Gasteiger partial charge >= 0.3 is 0 Å². The molecule has 2 amide bonds. The summed E-state index contributed by atoms with van der Waals surface area (Å²) in [5.41, 5.74) is 1.19. The van der Waals surface area contributed by atoms with Gasteiger partial charge in [-0.05, 0) is 49.2 Å². The van der Waals surface area contributed by atoms with Crippen LogP contribution in [0.4, 0.5) is 15.8 Å². The lowest BCUT2D eigenvalue weighted by atomic mass is 10.2. The molecule has 3 rings (SSSR count). The third-order valence-corrected chi connectivity index (χ3v) is 3.93. The fourth-order valence-electron chi connectivity index (χ4n) is 2.25. The maximum absolute atomic E-state index is 13.7. The number of nitrogens with one attached hydrogen (secondary N) is 3. The van der Waals surface area contributed by atoms with Crippen molar-refractivity contribution in [3.8, 4) is 0 Å². The minimum atomic E-state index is -0.529. The maximum atomic E-state index is 13.7. The molecular weight excluding hydrogens is 345 g/mol. The molecule has 25 heavy (non-hydrogen) atoms. The second-order valence-corrected chi connectivity index (χ2v) is 6.29. The summed E-state index contributed by atoms with van der Waals surface area (Å²) in [6.07, 6.45) is 2.02. The molecule has 0 radical (unpaired) electrons. The van der Waals surface area contributed by atoms with Crippen molar-refractivity contribution in [1.29, 1.82) is 0 Å². The van der Waals surface area contributed by atoms with Gasteiger partial charge in [0.05, 0.1) is 12.2 Å². The molecule has 2 aromatic rings. The van der Waals surface area contributed by atoms with Crippen molar-refractivity contribution < 1.29 is 14.0 Å². The van der Waals surface area contributed by atoms with E-state index < -0.39 is 5.82 Å². The summed E-state index contributed by atoms with van der Waals surface area (Å²) >= 11 is 5.68. The zero-order valence-electron chi connectivity index (χ0n) is 13.3. The van der Waals surface area contributed by atoms with Gasteiger partial charge < -0.3 is 16.0 Å². The summed E-state index contributed by atoms with van der Waals surface area (Å²) in [6.45, 7) is -0.114. The lowest BCUT2D eigenvalue weighted by Gasteiger charge is -2.10. The van der Waals surface area contributed by atoms with Crippen molar-refractivity contribution in [2.75, 3.05) is 17.2 Å². The lowest BCUT2D eigenvalue weighted by Crippen LogP contribution is -2.26. The number of carbonyl (C=O) groups excluding carboxylic acids is 2. The molecule has 1 fully saturated rings. The monoisotopic (exact) mass is 361 g/mol. The van der Waals surface area contributed by atoms with Gasteiger partial charge in [0, 0.05) is 22.3 Å². The van der Waals surface area contributed by atoms with Crippen LogP contribution in [-0.2, 0) is 4.79 Å². The molecule has 0 heterocycles. The molecule has 0 unspecified atom stereocenters. The van der Waals surface area contributed by atoms with Crippen molar-refractivity contribution >= 4 is 34.8 Å². The van der Waals surface area contributed by atoms with E-state index in [0.717, 1.165) is 12.8 Å². The normalized spacial score (nSPS) is 13.2. The molecule has 130 valence electrons. The lowest BCUT2D eigenvalue weighted by molar-refractivity contribution is -0.114. The Hall–Kier alpha value is -2.60. The summed E-state index contributed by atoms with van der Waals surface area (Å²) in [4.78, 5) is 24.0. The first-order valence-electron chi connectivity index (χ1n) is 7.91. The first-order chi connectivity index (χ1) is 12.0. The molecule has 0 aromatic heterocycles. The van der Waals surface area contributed by atoms with E-state index in [-0.39, 0.29) is 35.1 Å². The van der Waals surface area contributed by atoms with Gasteiger partial charge in [0.15, 0.2) is 0 Å². The summed E-state index contributed by atoms with van der Waals surface area (Å²) in [5, 5.41) is 8.56. The smallest absolute Gasteiger partial charge is 0.251 e. The molecular formula is C18H17ClFN3O2. The highest BCUT2D eigenvalue weighted by Gasteiger charge is 2.23. The Morgan fingerprint density at radius 2 is 1.96 bits per heavy atom. The molecule has 1 aliphatic rings. The van der Waals surface area contributed by atoms with Crippen LogP contribution < -0.4 is 16.0 Å². The summed E-state index contributed by atoms with van der Waals surface area (Å²) in [7, 11) is 0. The largest absolute Gasteiger partial charge is 0.374 e. The van der Waals surface area contributed by atoms with Crippen molar-refractivity contribution in [1.82, 2.24) is 5.32 Å². The average molecular weight is 362 g/mol. The van der Waals surface area contributed by atoms with E-state index in [1.807, 2.05) is 0 Å². The maximum Gasteiger partial charge on any atom is 0.251 e. The molecule has 0 bridgehead atoms. The van der Waals surface area contributed by atoms with Crippen molar-refractivity contribution in [3.63, 3.8) is 0 Å². The molecule has 3 N–H and O–H groups in total. The van der Waals surface area contributed by atoms with Crippen LogP contribution in [-0.4, -0.2) is 24.4 Å². The molecule has 0 aliphatic heterocycles. The molecule has 5 nitrogen and oxygen atoms in total. The molecule has 0 saturated heterocycles. The number of rotatable bonds is 6. The van der Waals surface area contributed by atoms with Crippen LogP contribution in [0.15, 0.2) is 42.5 Å². The second kappa shape index (κ2) is 7.53. The standard InChI is InChI=1S/C18H17ClFN3O2/c19-12-4-7-16(15(20)9-12)21-10-17(24)22-14-3-1-2-11(8-14)18(25)23-13-5-6-13/h1-4,7-9,13,21H,5-6,10H2,(H,22,24)(H,23,25). The van der Waals surface area contributed by atoms with Crippen LogP contribution in [0, 0.1) is 5.82 Å². The van der Waals surface area contributed by atoms with Crippen LogP contribution >= 0.6 is 11.6 Å². The minimum Gasteiger partial charge on any atom is -0.374 e. The Balaban J connectivity index is 1.56. The molecule has 0 atom stereocenters. The van der Waals surface area contributed by atoms with Gasteiger partial charge in [-0.1, -0.05) is 17.7 Å². The molecule has 1 aliphatic carbocycles. The number of anilines is 2. The minimum absolute atomic E-state index is 0.114. The predicted molar refractivity (Wildman–Crippen MR) is 95.5 cm³/mol. The van der Waals surface area contributed by atoms with Gasteiger partial charge in [-0.15, -0.1) is 0 Å². The molecule has 7 heteroatoms. The quantitative estimate of drug-likeness (QED) is 0.738. The molecule has 1 saturated carbocycles.